The molecule has 0 aromatic heterocycles. The van der Waals surface area contributed by atoms with Crippen LogP contribution < -0.4 is 0 Å². The monoisotopic (exact) mass is 163 g/mol. The van der Waals surface area contributed by atoms with E-state index in [-0.39, 0.29) is 5.88 Å². The van der Waals surface area contributed by atoms with Crippen LogP contribution in [-0.2, 0) is 9.84 Å². The summed E-state index contributed by atoms with van der Waals surface area (Å²) in [6, 6.07) is 0. The zero-order valence-electron chi connectivity index (χ0n) is 6.21. The van der Waals surface area contributed by atoms with Crippen molar-refractivity contribution in [2.75, 3.05) is 24.7 Å². The van der Waals surface area contributed by atoms with Gasteiger partial charge in [0.2, 0.25) is 0 Å². The van der Waals surface area contributed by atoms with Crippen LogP contribution in [0.4, 0.5) is 0 Å². The minimum atomic E-state index is -2.72. The Kier molecular flexibility index (Phi) is 2.31. The van der Waals surface area contributed by atoms with E-state index < -0.39 is 9.84 Å². The lowest BCUT2D eigenvalue weighted by atomic mass is 10.4. The van der Waals surface area contributed by atoms with Gasteiger partial charge < -0.3 is 0 Å². The van der Waals surface area contributed by atoms with E-state index in [9.17, 15) is 8.42 Å². The fourth-order valence-electron chi connectivity index (χ4n) is 1.16. The van der Waals surface area contributed by atoms with Crippen molar-refractivity contribution in [2.24, 2.45) is 0 Å². The molecule has 1 rings (SSSR count). The first-order valence-corrected chi connectivity index (χ1v) is 5.39. The summed E-state index contributed by atoms with van der Waals surface area (Å²) < 4.78 is 22.0. The van der Waals surface area contributed by atoms with Crippen molar-refractivity contribution in [1.29, 1.82) is 0 Å². The van der Waals surface area contributed by atoms with Crippen LogP contribution in [0.1, 0.15) is 13.3 Å². The van der Waals surface area contributed by atoms with E-state index in [2.05, 4.69) is 0 Å². The van der Waals surface area contributed by atoms with Crippen LogP contribution in [0.15, 0.2) is 0 Å². The fraction of sp³-hybridized carbons (Fsp3) is 1.00. The average Bonchev–Trinajstić information content (AvgIpc) is 1.86. The predicted molar refractivity (Wildman–Crippen MR) is 40.5 cm³/mol. The van der Waals surface area contributed by atoms with Crippen LogP contribution >= 0.6 is 0 Å². The van der Waals surface area contributed by atoms with Crippen molar-refractivity contribution in [3.63, 3.8) is 0 Å². The Hall–Kier alpha value is -0.0900. The highest BCUT2D eigenvalue weighted by Crippen LogP contribution is 2.06. The lowest BCUT2D eigenvalue weighted by molar-refractivity contribution is 0.318. The van der Waals surface area contributed by atoms with Gasteiger partial charge in [0.1, 0.15) is 5.88 Å². The molecular formula is C6H13NO2S. The zero-order chi connectivity index (χ0) is 7.61. The maximum Gasteiger partial charge on any atom is 0.163 e. The average molecular weight is 163 g/mol. The minimum Gasteiger partial charge on any atom is -0.290 e. The molecule has 0 aromatic rings. The molecule has 1 aliphatic rings. The molecule has 0 unspecified atom stereocenters. The first-order valence-electron chi connectivity index (χ1n) is 3.57. The van der Waals surface area contributed by atoms with E-state index in [4.69, 9.17) is 0 Å². The van der Waals surface area contributed by atoms with Gasteiger partial charge in [0.05, 0.1) is 5.75 Å². The number of sulfone groups is 1. The number of rotatable bonds is 1. The molecule has 0 aromatic carbocycles. The predicted octanol–water partition coefficient (Wildman–Crippen LogP) is 0.0843. The minimum absolute atomic E-state index is 0.267. The summed E-state index contributed by atoms with van der Waals surface area (Å²) in [4.78, 5) is 1.96. The maximum absolute atomic E-state index is 11.0. The quantitative estimate of drug-likeness (QED) is 0.549. The lowest BCUT2D eigenvalue weighted by Crippen LogP contribution is -2.37. The standard InChI is InChI=1S/C6H13NO2S/c1-2-7-4-3-5-10(8,9)6-7/h2-6H2,1H3. The second-order valence-corrected chi connectivity index (χ2v) is 4.79. The van der Waals surface area contributed by atoms with Crippen molar-refractivity contribution in [2.45, 2.75) is 13.3 Å². The fourth-order valence-corrected chi connectivity index (χ4v) is 2.73. The first kappa shape index (κ1) is 8.01. The van der Waals surface area contributed by atoms with Gasteiger partial charge in [-0.25, -0.2) is 8.42 Å². The van der Waals surface area contributed by atoms with E-state index in [0.717, 1.165) is 19.5 Å². The molecule has 0 amide bonds. The zero-order valence-corrected chi connectivity index (χ0v) is 7.02. The van der Waals surface area contributed by atoms with Gasteiger partial charge in [-0.05, 0) is 13.0 Å². The van der Waals surface area contributed by atoms with E-state index in [1.54, 1.807) is 0 Å². The summed E-state index contributed by atoms with van der Waals surface area (Å²) in [5.41, 5.74) is 0. The van der Waals surface area contributed by atoms with Crippen LogP contribution in [0.2, 0.25) is 0 Å². The first-order chi connectivity index (χ1) is 4.64. The molecule has 3 nitrogen and oxygen atoms in total. The molecule has 0 atom stereocenters. The Labute approximate surface area is 61.9 Å². The molecule has 1 fully saturated rings. The molecule has 1 aliphatic heterocycles. The van der Waals surface area contributed by atoms with Gasteiger partial charge in [-0.1, -0.05) is 6.92 Å². The summed E-state index contributed by atoms with van der Waals surface area (Å²) in [6.45, 7) is 3.77. The molecule has 0 spiro atoms. The van der Waals surface area contributed by atoms with Gasteiger partial charge in [0.15, 0.2) is 9.84 Å². The van der Waals surface area contributed by atoms with Gasteiger partial charge in [0.25, 0.3) is 0 Å². The highest BCUT2D eigenvalue weighted by atomic mass is 32.2. The SMILES string of the molecule is CCN1CCCS(=O)(=O)C1. The second-order valence-electron chi connectivity index (χ2n) is 2.64. The summed E-state index contributed by atoms with van der Waals surface area (Å²) in [5.74, 6) is 0.646. The lowest BCUT2D eigenvalue weighted by Gasteiger charge is -2.24. The van der Waals surface area contributed by atoms with Gasteiger partial charge in [-0.2, -0.15) is 0 Å². The normalized spacial score (nSPS) is 26.5. The Balaban J connectivity index is 2.56. The molecule has 0 aliphatic carbocycles. The largest absolute Gasteiger partial charge is 0.290 e. The summed E-state index contributed by atoms with van der Waals surface area (Å²) in [7, 11) is -2.72. The van der Waals surface area contributed by atoms with E-state index >= 15 is 0 Å². The third-order valence-electron chi connectivity index (χ3n) is 1.76. The van der Waals surface area contributed by atoms with E-state index in [1.807, 2.05) is 11.8 Å². The van der Waals surface area contributed by atoms with Gasteiger partial charge in [-0.15, -0.1) is 0 Å². The van der Waals surface area contributed by atoms with E-state index in [0.29, 0.717) is 5.75 Å². The van der Waals surface area contributed by atoms with Gasteiger partial charge in [0, 0.05) is 6.54 Å². The van der Waals surface area contributed by atoms with Crippen molar-refractivity contribution in [3.05, 3.63) is 0 Å². The Morgan fingerprint density at radius 3 is 2.60 bits per heavy atom. The molecule has 1 saturated heterocycles. The molecule has 60 valence electrons. The number of hydrogen-bond donors (Lipinski definition) is 0. The van der Waals surface area contributed by atoms with E-state index in [1.165, 1.54) is 0 Å². The molecule has 0 bridgehead atoms. The smallest absolute Gasteiger partial charge is 0.163 e. The van der Waals surface area contributed by atoms with Crippen LogP contribution in [0.5, 0.6) is 0 Å². The Morgan fingerprint density at radius 1 is 1.50 bits per heavy atom. The Bertz CT molecular complexity index is 198. The van der Waals surface area contributed by atoms with Crippen molar-refractivity contribution < 1.29 is 8.42 Å². The summed E-state index contributed by atoms with van der Waals surface area (Å²) >= 11 is 0. The van der Waals surface area contributed by atoms with Crippen molar-refractivity contribution >= 4 is 9.84 Å². The van der Waals surface area contributed by atoms with Crippen LogP contribution in [0.3, 0.4) is 0 Å². The molecular weight excluding hydrogens is 150 g/mol. The van der Waals surface area contributed by atoms with Crippen molar-refractivity contribution in [3.8, 4) is 0 Å². The second kappa shape index (κ2) is 2.88. The third-order valence-corrected chi connectivity index (χ3v) is 3.43. The number of hydrogen-bond acceptors (Lipinski definition) is 3. The molecule has 4 heteroatoms. The topological polar surface area (TPSA) is 37.4 Å². The Morgan fingerprint density at radius 2 is 2.20 bits per heavy atom. The van der Waals surface area contributed by atoms with Gasteiger partial charge in [-0.3, -0.25) is 4.90 Å². The van der Waals surface area contributed by atoms with Crippen LogP contribution in [0.25, 0.3) is 0 Å². The maximum atomic E-state index is 11.0. The molecule has 0 N–H and O–H groups in total. The number of nitrogens with zero attached hydrogens (tertiary/aromatic N) is 1. The molecule has 10 heavy (non-hydrogen) atoms. The summed E-state index contributed by atoms with van der Waals surface area (Å²) in [5, 5.41) is 0. The third kappa shape index (κ3) is 1.95. The molecule has 0 radical (unpaired) electrons. The summed E-state index contributed by atoms with van der Waals surface area (Å²) in [6.07, 6.45) is 0.802. The highest BCUT2D eigenvalue weighted by Gasteiger charge is 2.20. The highest BCUT2D eigenvalue weighted by molar-refractivity contribution is 7.91. The van der Waals surface area contributed by atoms with Crippen molar-refractivity contribution in [1.82, 2.24) is 4.90 Å². The van der Waals surface area contributed by atoms with Crippen LogP contribution in [-0.4, -0.2) is 38.0 Å². The molecule has 0 saturated carbocycles. The molecule has 1 heterocycles. The van der Waals surface area contributed by atoms with Crippen LogP contribution in [0, 0.1) is 0 Å². The van der Waals surface area contributed by atoms with Gasteiger partial charge >= 0.3 is 0 Å².